The summed E-state index contributed by atoms with van der Waals surface area (Å²) in [5.74, 6) is 0. The first-order chi connectivity index (χ1) is 8.41. The highest BCUT2D eigenvalue weighted by Gasteiger charge is 2.13. The molecule has 0 unspecified atom stereocenters. The summed E-state index contributed by atoms with van der Waals surface area (Å²) in [7, 11) is 0. The number of rotatable bonds is 2. The van der Waals surface area contributed by atoms with Crippen molar-refractivity contribution in [3.05, 3.63) is 44.1 Å². The van der Waals surface area contributed by atoms with E-state index in [2.05, 4.69) is 37.0 Å². The Morgan fingerprint density at radius 1 is 1.28 bits per heavy atom. The monoisotopic (exact) mass is 372 g/mol. The molecule has 0 aliphatic rings. The number of benzene rings is 1. The lowest BCUT2D eigenvalue weighted by molar-refractivity contribution is 0.199. The van der Waals surface area contributed by atoms with E-state index in [9.17, 15) is 5.11 Å². The summed E-state index contributed by atoms with van der Waals surface area (Å²) in [5.41, 5.74) is 3.86. The van der Waals surface area contributed by atoms with Crippen LogP contribution in [0.1, 0.15) is 30.0 Å². The van der Waals surface area contributed by atoms with E-state index in [-0.39, 0.29) is 0 Å². The van der Waals surface area contributed by atoms with Gasteiger partial charge in [0.05, 0.1) is 27.7 Å². The molecule has 0 saturated carbocycles. The number of aliphatic hydroxyl groups is 1. The molecule has 2 rings (SSSR count). The third-order valence-electron chi connectivity index (χ3n) is 2.89. The van der Waals surface area contributed by atoms with E-state index in [1.165, 1.54) is 0 Å². The molecule has 0 saturated heterocycles. The predicted molar refractivity (Wildman–Crippen MR) is 79.1 cm³/mol. The maximum absolute atomic E-state index is 9.56. The van der Waals surface area contributed by atoms with E-state index < -0.39 is 6.10 Å². The summed E-state index contributed by atoms with van der Waals surface area (Å²) in [6, 6.07) is 5.79. The Bertz CT molecular complexity index is 591. The Hall–Kier alpha value is -0.650. The van der Waals surface area contributed by atoms with Crippen molar-refractivity contribution in [1.82, 2.24) is 9.78 Å². The lowest BCUT2D eigenvalue weighted by Crippen LogP contribution is -2.01. The normalized spacial score (nSPS) is 12.8. The first-order valence-electron chi connectivity index (χ1n) is 5.61. The third kappa shape index (κ3) is 2.39. The molecule has 0 spiro atoms. The zero-order valence-electron chi connectivity index (χ0n) is 10.4. The van der Waals surface area contributed by atoms with Crippen LogP contribution in [0.25, 0.3) is 5.69 Å². The van der Waals surface area contributed by atoms with Gasteiger partial charge >= 0.3 is 0 Å². The lowest BCUT2D eigenvalue weighted by Gasteiger charge is -2.10. The Labute approximate surface area is 123 Å². The average Bonchev–Trinajstić information content (AvgIpc) is 2.57. The molecule has 3 nitrogen and oxygen atoms in total. The van der Waals surface area contributed by atoms with Crippen LogP contribution in [0, 0.1) is 13.8 Å². The number of aliphatic hydroxyl groups excluding tert-OH is 1. The van der Waals surface area contributed by atoms with Gasteiger partial charge in [0.2, 0.25) is 0 Å². The van der Waals surface area contributed by atoms with Gasteiger partial charge in [0.1, 0.15) is 0 Å². The van der Waals surface area contributed by atoms with Crippen molar-refractivity contribution in [2.24, 2.45) is 0 Å². The second kappa shape index (κ2) is 5.15. The zero-order valence-corrected chi connectivity index (χ0v) is 13.6. The molecule has 5 heteroatoms. The highest BCUT2D eigenvalue weighted by atomic mass is 79.9. The number of aryl methyl sites for hydroxylation is 1. The van der Waals surface area contributed by atoms with Crippen LogP contribution in [0.4, 0.5) is 0 Å². The van der Waals surface area contributed by atoms with E-state index in [4.69, 9.17) is 0 Å². The van der Waals surface area contributed by atoms with Gasteiger partial charge in [-0.25, -0.2) is 4.68 Å². The Balaban J connectivity index is 2.54. The molecule has 0 amide bonds. The summed E-state index contributed by atoms with van der Waals surface area (Å²) < 4.78 is 3.82. The van der Waals surface area contributed by atoms with Crippen LogP contribution in [0.15, 0.2) is 27.1 Å². The van der Waals surface area contributed by atoms with Crippen molar-refractivity contribution in [3.8, 4) is 5.69 Å². The summed E-state index contributed by atoms with van der Waals surface area (Å²) in [4.78, 5) is 0. The molecule has 1 N–H and O–H groups in total. The molecule has 1 heterocycles. The maximum atomic E-state index is 9.56. The minimum atomic E-state index is -0.470. The molecular weight excluding hydrogens is 360 g/mol. The van der Waals surface area contributed by atoms with Gasteiger partial charge in [0, 0.05) is 4.47 Å². The van der Waals surface area contributed by atoms with Gasteiger partial charge < -0.3 is 5.11 Å². The van der Waals surface area contributed by atoms with Gasteiger partial charge in [-0.3, -0.25) is 0 Å². The third-order valence-corrected chi connectivity index (χ3v) is 4.67. The fourth-order valence-corrected chi connectivity index (χ4v) is 2.62. The van der Waals surface area contributed by atoms with Gasteiger partial charge in [-0.15, -0.1) is 0 Å². The fourth-order valence-electron chi connectivity index (χ4n) is 1.81. The molecule has 96 valence electrons. The quantitative estimate of drug-likeness (QED) is 0.861. The van der Waals surface area contributed by atoms with E-state index in [0.29, 0.717) is 0 Å². The van der Waals surface area contributed by atoms with Crippen molar-refractivity contribution >= 4 is 31.9 Å². The van der Waals surface area contributed by atoms with Crippen molar-refractivity contribution in [2.75, 3.05) is 0 Å². The number of hydrogen-bond acceptors (Lipinski definition) is 2. The van der Waals surface area contributed by atoms with E-state index in [1.807, 2.05) is 36.7 Å². The number of hydrogen-bond donors (Lipinski definition) is 1. The highest BCUT2D eigenvalue weighted by molar-refractivity contribution is 9.11. The predicted octanol–water partition coefficient (Wildman–Crippen LogP) is 4.07. The van der Waals surface area contributed by atoms with Crippen LogP contribution in [-0.2, 0) is 0 Å². The molecule has 0 radical (unpaired) electrons. The van der Waals surface area contributed by atoms with E-state index in [1.54, 1.807) is 6.92 Å². The SMILES string of the molecule is Cc1nn(-c2ccc([C@H](C)O)cc2Br)c(C)c1Br. The van der Waals surface area contributed by atoms with Gasteiger partial charge in [0.25, 0.3) is 0 Å². The Kier molecular flexibility index (Phi) is 3.94. The smallest absolute Gasteiger partial charge is 0.0791 e. The molecule has 0 fully saturated rings. The first kappa shape index (κ1) is 13.8. The van der Waals surface area contributed by atoms with Crippen LogP contribution < -0.4 is 0 Å². The van der Waals surface area contributed by atoms with Crippen molar-refractivity contribution in [1.29, 1.82) is 0 Å². The van der Waals surface area contributed by atoms with Crippen molar-refractivity contribution in [2.45, 2.75) is 26.9 Å². The van der Waals surface area contributed by atoms with Gasteiger partial charge in [-0.05, 0) is 70.3 Å². The van der Waals surface area contributed by atoms with Gasteiger partial charge in [0.15, 0.2) is 0 Å². The minimum Gasteiger partial charge on any atom is -0.389 e. The molecule has 0 aliphatic carbocycles. The van der Waals surface area contributed by atoms with Crippen LogP contribution in [0.3, 0.4) is 0 Å². The van der Waals surface area contributed by atoms with Crippen LogP contribution in [-0.4, -0.2) is 14.9 Å². The summed E-state index contributed by atoms with van der Waals surface area (Å²) >= 11 is 7.05. The number of nitrogens with zero attached hydrogens (tertiary/aromatic N) is 2. The molecule has 1 aromatic heterocycles. The summed E-state index contributed by atoms with van der Waals surface area (Å²) in [6.07, 6.45) is -0.470. The lowest BCUT2D eigenvalue weighted by atomic mass is 10.1. The zero-order chi connectivity index (χ0) is 13.4. The first-order valence-corrected chi connectivity index (χ1v) is 7.20. The van der Waals surface area contributed by atoms with Crippen molar-refractivity contribution < 1.29 is 5.11 Å². The second-order valence-corrected chi connectivity index (χ2v) is 5.93. The fraction of sp³-hybridized carbons (Fsp3) is 0.308. The molecule has 18 heavy (non-hydrogen) atoms. The standard InChI is InChI=1S/C13H14Br2N2O/c1-7-13(15)8(2)17(16-7)12-5-4-10(9(3)18)6-11(12)14/h4-6,9,18H,1-3H3/t9-/m0/s1. The summed E-state index contributed by atoms with van der Waals surface area (Å²) in [5, 5.41) is 14.1. The molecule has 0 aliphatic heterocycles. The summed E-state index contributed by atoms with van der Waals surface area (Å²) in [6.45, 7) is 5.73. The molecular formula is C13H14Br2N2O. The van der Waals surface area contributed by atoms with Gasteiger partial charge in [-0.2, -0.15) is 5.10 Å². The largest absolute Gasteiger partial charge is 0.389 e. The van der Waals surface area contributed by atoms with Crippen LogP contribution >= 0.6 is 31.9 Å². The Morgan fingerprint density at radius 2 is 1.94 bits per heavy atom. The van der Waals surface area contributed by atoms with Crippen molar-refractivity contribution in [3.63, 3.8) is 0 Å². The topological polar surface area (TPSA) is 38.0 Å². The van der Waals surface area contributed by atoms with E-state index in [0.717, 1.165) is 31.6 Å². The minimum absolute atomic E-state index is 0.470. The Morgan fingerprint density at radius 3 is 2.39 bits per heavy atom. The highest BCUT2D eigenvalue weighted by Crippen LogP contribution is 2.29. The molecule has 1 aromatic carbocycles. The van der Waals surface area contributed by atoms with Crippen LogP contribution in [0.5, 0.6) is 0 Å². The average molecular weight is 374 g/mol. The second-order valence-electron chi connectivity index (χ2n) is 4.28. The molecule has 1 atom stereocenters. The van der Waals surface area contributed by atoms with Gasteiger partial charge in [-0.1, -0.05) is 6.07 Å². The van der Waals surface area contributed by atoms with Crippen LogP contribution in [0.2, 0.25) is 0 Å². The number of aromatic nitrogens is 2. The number of halogens is 2. The maximum Gasteiger partial charge on any atom is 0.0791 e. The van der Waals surface area contributed by atoms with E-state index >= 15 is 0 Å². The molecule has 0 bridgehead atoms. The molecule has 2 aromatic rings.